The smallest absolute Gasteiger partial charge is 0.257 e. The molecule has 2 heterocycles. The molecule has 0 N–H and O–H groups in total. The molecule has 1 amide bonds. The fraction of sp³-hybridized carbons (Fsp3) is 0.438. The van der Waals surface area contributed by atoms with Crippen molar-refractivity contribution in [2.24, 2.45) is 0 Å². The Balaban J connectivity index is 1.81. The minimum atomic E-state index is -0.0923. The standard InChI is InChI=1S/C16H18ClN3O3/c1-10-18-15(23-19-10)11-4-3-7-20(9-11)16(21)13-8-12(17)5-6-14(13)22-2/h5-6,8,11H,3-4,7,9H2,1-2H3/t11-/m0/s1. The first-order chi connectivity index (χ1) is 11.1. The lowest BCUT2D eigenvalue weighted by Gasteiger charge is -2.31. The maximum Gasteiger partial charge on any atom is 0.257 e. The van der Waals surface area contributed by atoms with Crippen LogP contribution in [0.4, 0.5) is 0 Å². The molecule has 1 fully saturated rings. The Bertz CT molecular complexity index is 716. The molecule has 0 unspecified atom stereocenters. The summed E-state index contributed by atoms with van der Waals surface area (Å²) in [5.41, 5.74) is 0.474. The zero-order valence-corrected chi connectivity index (χ0v) is 13.8. The topological polar surface area (TPSA) is 68.5 Å². The number of methoxy groups -OCH3 is 1. The first-order valence-electron chi connectivity index (χ1n) is 7.51. The number of hydrogen-bond acceptors (Lipinski definition) is 5. The Kier molecular flexibility index (Phi) is 4.52. The van der Waals surface area contributed by atoms with Gasteiger partial charge in [0.1, 0.15) is 5.75 Å². The average molecular weight is 336 g/mol. The molecule has 1 atom stereocenters. The molecule has 23 heavy (non-hydrogen) atoms. The highest BCUT2D eigenvalue weighted by Gasteiger charge is 2.30. The van der Waals surface area contributed by atoms with E-state index >= 15 is 0 Å². The van der Waals surface area contributed by atoms with Crippen LogP contribution in [0.25, 0.3) is 0 Å². The number of aryl methyl sites for hydroxylation is 1. The van der Waals surface area contributed by atoms with E-state index in [4.69, 9.17) is 20.9 Å². The molecule has 0 aliphatic carbocycles. The second-order valence-electron chi connectivity index (χ2n) is 5.61. The van der Waals surface area contributed by atoms with Crippen molar-refractivity contribution in [2.45, 2.75) is 25.7 Å². The first kappa shape index (κ1) is 15.8. The molecule has 1 aliphatic heterocycles. The maximum atomic E-state index is 12.8. The van der Waals surface area contributed by atoms with Crippen LogP contribution in [-0.2, 0) is 0 Å². The summed E-state index contributed by atoms with van der Waals surface area (Å²) in [6.07, 6.45) is 1.82. The SMILES string of the molecule is COc1ccc(Cl)cc1C(=O)N1CCC[C@H](c2nc(C)no2)C1. The summed E-state index contributed by atoms with van der Waals surface area (Å²) in [5.74, 6) is 1.71. The molecule has 7 heteroatoms. The van der Waals surface area contributed by atoms with Crippen molar-refractivity contribution in [2.75, 3.05) is 20.2 Å². The molecule has 6 nitrogen and oxygen atoms in total. The minimum Gasteiger partial charge on any atom is -0.496 e. The van der Waals surface area contributed by atoms with Gasteiger partial charge in [0.2, 0.25) is 5.89 Å². The van der Waals surface area contributed by atoms with Gasteiger partial charge in [-0.25, -0.2) is 0 Å². The molecule has 0 bridgehead atoms. The highest BCUT2D eigenvalue weighted by atomic mass is 35.5. The molecule has 2 aromatic rings. The lowest BCUT2D eigenvalue weighted by atomic mass is 9.97. The Hall–Kier alpha value is -2.08. The number of halogens is 1. The number of benzene rings is 1. The summed E-state index contributed by atoms with van der Waals surface area (Å²) in [6, 6.07) is 5.05. The van der Waals surface area contributed by atoms with E-state index in [-0.39, 0.29) is 11.8 Å². The Morgan fingerprint density at radius 3 is 3.00 bits per heavy atom. The summed E-state index contributed by atoms with van der Waals surface area (Å²) < 4.78 is 10.5. The van der Waals surface area contributed by atoms with Crippen molar-refractivity contribution in [1.82, 2.24) is 15.0 Å². The van der Waals surface area contributed by atoms with E-state index in [2.05, 4.69) is 10.1 Å². The third-order valence-electron chi connectivity index (χ3n) is 3.99. The lowest BCUT2D eigenvalue weighted by Crippen LogP contribution is -2.39. The fourth-order valence-corrected chi connectivity index (χ4v) is 3.03. The van der Waals surface area contributed by atoms with Crippen molar-refractivity contribution >= 4 is 17.5 Å². The van der Waals surface area contributed by atoms with Gasteiger partial charge in [0.15, 0.2) is 5.82 Å². The molecule has 1 aromatic heterocycles. The molecule has 0 radical (unpaired) electrons. The second-order valence-corrected chi connectivity index (χ2v) is 6.05. The number of hydrogen-bond donors (Lipinski definition) is 0. The van der Waals surface area contributed by atoms with E-state index in [1.807, 2.05) is 0 Å². The molecular weight excluding hydrogens is 318 g/mol. The summed E-state index contributed by atoms with van der Waals surface area (Å²) >= 11 is 6.02. The first-order valence-corrected chi connectivity index (χ1v) is 7.89. The van der Waals surface area contributed by atoms with Crippen molar-refractivity contribution in [3.63, 3.8) is 0 Å². The predicted octanol–water partition coefficient (Wildman–Crippen LogP) is 3.06. The van der Waals surface area contributed by atoms with Crippen LogP contribution < -0.4 is 4.74 Å². The van der Waals surface area contributed by atoms with Crippen LogP contribution in [0.3, 0.4) is 0 Å². The minimum absolute atomic E-state index is 0.0686. The summed E-state index contributed by atoms with van der Waals surface area (Å²) in [6.45, 7) is 3.03. The molecule has 1 saturated heterocycles. The Morgan fingerprint density at radius 2 is 2.30 bits per heavy atom. The second kappa shape index (κ2) is 6.58. The summed E-state index contributed by atoms with van der Waals surface area (Å²) in [5, 5.41) is 4.34. The molecule has 0 saturated carbocycles. The number of likely N-dealkylation sites (tertiary alicyclic amines) is 1. The van der Waals surface area contributed by atoms with Crippen molar-refractivity contribution in [3.8, 4) is 5.75 Å². The number of amides is 1. The number of carbonyl (C=O) groups is 1. The van der Waals surface area contributed by atoms with Gasteiger partial charge in [-0.2, -0.15) is 4.98 Å². The quantitative estimate of drug-likeness (QED) is 0.862. The zero-order valence-electron chi connectivity index (χ0n) is 13.1. The van der Waals surface area contributed by atoms with Crippen molar-refractivity contribution < 1.29 is 14.1 Å². The Labute approximate surface area is 139 Å². The monoisotopic (exact) mass is 335 g/mol. The van der Waals surface area contributed by atoms with Crippen LogP contribution in [0.15, 0.2) is 22.7 Å². The lowest BCUT2D eigenvalue weighted by molar-refractivity contribution is 0.0692. The van der Waals surface area contributed by atoms with Gasteiger partial charge in [-0.15, -0.1) is 0 Å². The molecular formula is C16H18ClN3O3. The van der Waals surface area contributed by atoms with Gasteiger partial charge >= 0.3 is 0 Å². The molecule has 3 rings (SSSR count). The van der Waals surface area contributed by atoms with Gasteiger partial charge in [-0.3, -0.25) is 4.79 Å². The number of piperidine rings is 1. The van der Waals surface area contributed by atoms with E-state index < -0.39 is 0 Å². The molecule has 0 spiro atoms. The van der Waals surface area contributed by atoms with E-state index in [9.17, 15) is 4.79 Å². The van der Waals surface area contributed by atoms with Crippen molar-refractivity contribution in [3.05, 3.63) is 40.5 Å². The fourth-order valence-electron chi connectivity index (χ4n) is 2.86. The third kappa shape index (κ3) is 3.32. The molecule has 122 valence electrons. The van der Waals surface area contributed by atoms with Gasteiger partial charge < -0.3 is 14.2 Å². The number of carbonyl (C=O) groups excluding carboxylic acids is 1. The van der Waals surface area contributed by atoms with Crippen LogP contribution in [0.2, 0.25) is 5.02 Å². The van der Waals surface area contributed by atoms with E-state index in [1.54, 1.807) is 37.1 Å². The van der Waals surface area contributed by atoms with Crippen LogP contribution in [-0.4, -0.2) is 41.1 Å². The van der Waals surface area contributed by atoms with Gasteiger partial charge in [-0.05, 0) is 38.0 Å². The van der Waals surface area contributed by atoms with Gasteiger partial charge in [0.25, 0.3) is 5.91 Å². The van der Waals surface area contributed by atoms with Gasteiger partial charge in [-0.1, -0.05) is 16.8 Å². The molecule has 1 aliphatic rings. The largest absolute Gasteiger partial charge is 0.496 e. The third-order valence-corrected chi connectivity index (χ3v) is 4.23. The highest BCUT2D eigenvalue weighted by Crippen LogP contribution is 2.29. The van der Waals surface area contributed by atoms with E-state index in [1.165, 1.54) is 0 Å². The number of rotatable bonds is 3. The van der Waals surface area contributed by atoms with Crippen LogP contribution in [0.1, 0.15) is 40.8 Å². The van der Waals surface area contributed by atoms with E-state index in [0.717, 1.165) is 12.8 Å². The maximum absolute atomic E-state index is 12.8. The van der Waals surface area contributed by atoms with Crippen LogP contribution in [0, 0.1) is 6.92 Å². The van der Waals surface area contributed by atoms with Crippen LogP contribution in [0.5, 0.6) is 5.75 Å². The normalized spacial score (nSPS) is 18.0. The highest BCUT2D eigenvalue weighted by molar-refractivity contribution is 6.31. The van der Waals surface area contributed by atoms with Gasteiger partial charge in [0, 0.05) is 18.1 Å². The summed E-state index contributed by atoms with van der Waals surface area (Å²) in [7, 11) is 1.54. The van der Waals surface area contributed by atoms with Crippen LogP contribution >= 0.6 is 11.6 Å². The summed E-state index contributed by atoms with van der Waals surface area (Å²) in [4.78, 5) is 18.9. The zero-order chi connectivity index (χ0) is 16.4. The predicted molar refractivity (Wildman–Crippen MR) is 84.9 cm³/mol. The Morgan fingerprint density at radius 1 is 1.48 bits per heavy atom. The number of nitrogens with zero attached hydrogens (tertiary/aromatic N) is 3. The average Bonchev–Trinajstić information content (AvgIpc) is 3.01. The number of ether oxygens (including phenoxy) is 1. The number of aromatic nitrogens is 2. The van der Waals surface area contributed by atoms with Gasteiger partial charge in [0.05, 0.1) is 18.6 Å². The molecule has 1 aromatic carbocycles. The van der Waals surface area contributed by atoms with E-state index in [0.29, 0.717) is 41.1 Å². The van der Waals surface area contributed by atoms with Crippen molar-refractivity contribution in [1.29, 1.82) is 0 Å².